The molecule has 0 saturated carbocycles. The van der Waals surface area contributed by atoms with Gasteiger partial charge < -0.3 is 14.9 Å². The summed E-state index contributed by atoms with van der Waals surface area (Å²) >= 11 is 6.14. The van der Waals surface area contributed by atoms with Crippen LogP contribution in [0.4, 0.5) is 0 Å². The van der Waals surface area contributed by atoms with E-state index in [2.05, 4.69) is 10.5 Å². The molecular weight excluding hydrogens is 340 g/mol. The molecule has 2 rings (SSSR count). The number of carbonyl (C=O) groups excluding carboxylic acids is 1. The quantitative estimate of drug-likeness (QED) is 0.606. The summed E-state index contributed by atoms with van der Waals surface area (Å²) in [5, 5.41) is 7.14. The van der Waals surface area contributed by atoms with E-state index in [1.165, 1.54) is 7.11 Å². The molecule has 0 radical (unpaired) electrons. The van der Waals surface area contributed by atoms with E-state index in [9.17, 15) is 4.79 Å². The van der Waals surface area contributed by atoms with Crippen LogP contribution in [0.1, 0.15) is 23.6 Å². The van der Waals surface area contributed by atoms with Gasteiger partial charge in [0.2, 0.25) is 0 Å². The van der Waals surface area contributed by atoms with Crippen LogP contribution in [0.2, 0.25) is 5.02 Å². The first-order valence-corrected chi connectivity index (χ1v) is 8.31. The summed E-state index contributed by atoms with van der Waals surface area (Å²) in [6, 6.07) is 13.0. The summed E-state index contributed by atoms with van der Waals surface area (Å²) in [6.07, 6.45) is 0.827. The lowest BCUT2D eigenvalue weighted by Gasteiger charge is -2.13. The minimum Gasteiger partial charge on any atom is -0.489 e. The van der Waals surface area contributed by atoms with Crippen molar-refractivity contribution in [1.82, 2.24) is 5.32 Å². The molecule has 2 aromatic rings. The minimum atomic E-state index is -0.325. The molecule has 0 bridgehead atoms. The zero-order chi connectivity index (χ0) is 18.2. The van der Waals surface area contributed by atoms with Crippen molar-refractivity contribution in [3.05, 3.63) is 64.2 Å². The van der Waals surface area contributed by atoms with Crippen LogP contribution in [0.15, 0.2) is 47.6 Å². The molecule has 0 atom stereocenters. The molecule has 0 fully saturated rings. The second kappa shape index (κ2) is 9.08. The molecule has 0 aliphatic carbocycles. The molecule has 2 aromatic carbocycles. The van der Waals surface area contributed by atoms with E-state index in [0.717, 1.165) is 28.3 Å². The molecule has 1 N–H and O–H groups in total. The van der Waals surface area contributed by atoms with Gasteiger partial charge in [-0.3, -0.25) is 4.79 Å². The number of oxime groups is 1. The van der Waals surface area contributed by atoms with Crippen molar-refractivity contribution >= 4 is 23.2 Å². The number of likely N-dealkylation sites (N-methyl/N-ethyl adjacent to an activating group) is 1. The highest BCUT2D eigenvalue weighted by Crippen LogP contribution is 2.23. The fraction of sp³-hybridized carbons (Fsp3) is 0.263. The van der Waals surface area contributed by atoms with Gasteiger partial charge >= 0.3 is 0 Å². The lowest BCUT2D eigenvalue weighted by Crippen LogP contribution is -2.29. The number of nitrogens with zero attached hydrogens (tertiary/aromatic N) is 1. The third kappa shape index (κ3) is 4.73. The summed E-state index contributed by atoms with van der Waals surface area (Å²) < 4.78 is 5.89. The van der Waals surface area contributed by atoms with Gasteiger partial charge in [0.05, 0.1) is 0 Å². The zero-order valence-corrected chi connectivity index (χ0v) is 15.3. The van der Waals surface area contributed by atoms with E-state index in [1.54, 1.807) is 7.05 Å². The number of aryl methyl sites for hydroxylation is 1. The summed E-state index contributed by atoms with van der Waals surface area (Å²) in [7, 11) is 2.95. The standard InChI is InChI=1S/C19H21ClN2O3/c1-4-13-11-15(9-10-17(13)20)25-12-14-7-5-6-8-16(14)18(22-24-3)19(23)21-2/h5-11H,4,12H2,1-3H3,(H,21,23)/b22-18-. The molecule has 0 saturated heterocycles. The van der Waals surface area contributed by atoms with Crippen molar-refractivity contribution < 1.29 is 14.4 Å². The first-order chi connectivity index (χ1) is 12.1. The highest BCUT2D eigenvalue weighted by Gasteiger charge is 2.17. The number of hydrogen-bond donors (Lipinski definition) is 1. The van der Waals surface area contributed by atoms with Crippen molar-refractivity contribution in [2.75, 3.05) is 14.2 Å². The number of ether oxygens (including phenoxy) is 1. The highest BCUT2D eigenvalue weighted by atomic mass is 35.5. The van der Waals surface area contributed by atoms with Crippen molar-refractivity contribution in [3.8, 4) is 5.75 Å². The van der Waals surface area contributed by atoms with Gasteiger partial charge in [-0.15, -0.1) is 0 Å². The van der Waals surface area contributed by atoms with Crippen molar-refractivity contribution in [2.24, 2.45) is 5.16 Å². The number of benzene rings is 2. The normalized spacial score (nSPS) is 11.1. The Balaban J connectivity index is 2.26. The van der Waals surface area contributed by atoms with Gasteiger partial charge in [-0.2, -0.15) is 0 Å². The molecular formula is C19H21ClN2O3. The minimum absolute atomic E-state index is 0.203. The Morgan fingerprint density at radius 1 is 1.20 bits per heavy atom. The Labute approximate surface area is 152 Å². The Morgan fingerprint density at radius 2 is 1.96 bits per heavy atom. The Hall–Kier alpha value is -2.53. The molecule has 0 aromatic heterocycles. The Kier molecular flexibility index (Phi) is 6.83. The van der Waals surface area contributed by atoms with Crippen LogP contribution in [0.3, 0.4) is 0 Å². The maximum atomic E-state index is 12.1. The number of carbonyl (C=O) groups is 1. The fourth-order valence-corrected chi connectivity index (χ4v) is 2.62. The van der Waals surface area contributed by atoms with E-state index in [-0.39, 0.29) is 11.6 Å². The average molecular weight is 361 g/mol. The van der Waals surface area contributed by atoms with Crippen molar-refractivity contribution in [1.29, 1.82) is 0 Å². The third-order valence-electron chi connectivity index (χ3n) is 3.69. The topological polar surface area (TPSA) is 59.9 Å². The number of nitrogens with one attached hydrogen (secondary N) is 1. The second-order valence-electron chi connectivity index (χ2n) is 5.25. The van der Waals surface area contributed by atoms with Crippen molar-refractivity contribution in [2.45, 2.75) is 20.0 Å². The molecule has 25 heavy (non-hydrogen) atoms. The largest absolute Gasteiger partial charge is 0.489 e. The first kappa shape index (κ1) is 18.8. The van der Waals surface area contributed by atoms with Crippen LogP contribution in [0.25, 0.3) is 0 Å². The highest BCUT2D eigenvalue weighted by molar-refractivity contribution is 6.45. The molecule has 132 valence electrons. The van der Waals surface area contributed by atoms with Crippen LogP contribution < -0.4 is 10.1 Å². The first-order valence-electron chi connectivity index (χ1n) is 7.93. The lowest BCUT2D eigenvalue weighted by atomic mass is 10.0. The molecule has 0 unspecified atom stereocenters. The van der Waals surface area contributed by atoms with Gasteiger partial charge in [0.1, 0.15) is 19.5 Å². The van der Waals surface area contributed by atoms with Crippen molar-refractivity contribution in [3.63, 3.8) is 0 Å². The predicted molar refractivity (Wildman–Crippen MR) is 99.2 cm³/mol. The molecule has 0 heterocycles. The Bertz CT molecular complexity index is 775. The van der Waals surface area contributed by atoms with Gasteiger partial charge in [0.15, 0.2) is 5.71 Å². The maximum absolute atomic E-state index is 12.1. The number of halogens is 1. The van der Waals surface area contributed by atoms with Crippen LogP contribution in [-0.2, 0) is 22.7 Å². The predicted octanol–water partition coefficient (Wildman–Crippen LogP) is 3.58. The van der Waals surface area contributed by atoms with E-state index in [4.69, 9.17) is 21.2 Å². The van der Waals surface area contributed by atoms with Crippen LogP contribution in [0, 0.1) is 0 Å². The molecule has 0 spiro atoms. The maximum Gasteiger partial charge on any atom is 0.273 e. The molecule has 5 nitrogen and oxygen atoms in total. The number of hydrogen-bond acceptors (Lipinski definition) is 4. The summed E-state index contributed by atoms with van der Waals surface area (Å²) in [4.78, 5) is 16.9. The smallest absolute Gasteiger partial charge is 0.273 e. The molecule has 6 heteroatoms. The molecule has 0 aliphatic rings. The summed E-state index contributed by atoms with van der Waals surface area (Å²) in [5.74, 6) is 0.398. The van der Waals surface area contributed by atoms with Gasteiger partial charge in [-0.25, -0.2) is 0 Å². The SMILES string of the molecule is CCc1cc(OCc2ccccc2/C(=N/OC)C(=O)NC)ccc1Cl. The van der Waals surface area contributed by atoms with Crippen LogP contribution in [0.5, 0.6) is 5.75 Å². The monoisotopic (exact) mass is 360 g/mol. The second-order valence-corrected chi connectivity index (χ2v) is 5.66. The number of amides is 1. The van der Waals surface area contributed by atoms with E-state index >= 15 is 0 Å². The third-order valence-corrected chi connectivity index (χ3v) is 4.06. The van der Waals surface area contributed by atoms with Gasteiger partial charge in [-0.1, -0.05) is 47.9 Å². The Morgan fingerprint density at radius 3 is 2.64 bits per heavy atom. The van der Waals surface area contributed by atoms with Gasteiger partial charge in [-0.05, 0) is 35.7 Å². The lowest BCUT2D eigenvalue weighted by molar-refractivity contribution is -0.114. The fourth-order valence-electron chi connectivity index (χ4n) is 2.37. The van der Waals surface area contributed by atoms with Crippen LogP contribution >= 0.6 is 11.6 Å². The van der Waals surface area contributed by atoms with Gasteiger partial charge in [0, 0.05) is 17.6 Å². The zero-order valence-electron chi connectivity index (χ0n) is 14.5. The molecule has 1 amide bonds. The van der Waals surface area contributed by atoms with E-state index in [0.29, 0.717) is 12.2 Å². The van der Waals surface area contributed by atoms with E-state index < -0.39 is 0 Å². The average Bonchev–Trinajstić information content (AvgIpc) is 2.65. The van der Waals surface area contributed by atoms with Gasteiger partial charge in [0.25, 0.3) is 5.91 Å². The number of rotatable bonds is 7. The molecule has 0 aliphatic heterocycles. The summed E-state index contributed by atoms with van der Waals surface area (Å²) in [5.41, 5.74) is 2.72. The van der Waals surface area contributed by atoms with E-state index in [1.807, 2.05) is 49.4 Å². The summed E-state index contributed by atoms with van der Waals surface area (Å²) in [6.45, 7) is 2.33. The van der Waals surface area contributed by atoms with Crippen LogP contribution in [-0.4, -0.2) is 25.8 Å².